The van der Waals surface area contributed by atoms with Gasteiger partial charge in [0.2, 0.25) is 0 Å². The smallest absolute Gasteiger partial charge is 0.408 e. The monoisotopic (exact) mass is 308 g/mol. The number of benzene rings is 1. The largest absolute Gasteiger partial charge is 0.445 e. The van der Waals surface area contributed by atoms with Gasteiger partial charge in [0.05, 0.1) is 7.11 Å². The quantitative estimate of drug-likeness (QED) is 0.785. The molecule has 0 fully saturated rings. The van der Waals surface area contributed by atoms with Crippen LogP contribution < -0.4 is 5.32 Å². The molecule has 0 radical (unpaired) electrons. The summed E-state index contributed by atoms with van der Waals surface area (Å²) < 4.78 is 5.14. The third-order valence-electron chi connectivity index (χ3n) is 3.09. The highest BCUT2D eigenvalue weighted by atomic mass is 16.7. The number of ether oxygens (including phenoxy) is 1. The van der Waals surface area contributed by atoms with Crippen molar-refractivity contribution in [3.05, 3.63) is 35.9 Å². The zero-order valence-corrected chi connectivity index (χ0v) is 13.5. The summed E-state index contributed by atoms with van der Waals surface area (Å²) in [5.41, 5.74) is 0.887. The molecular formula is C16H24N2O4. The van der Waals surface area contributed by atoms with Gasteiger partial charge in [-0.3, -0.25) is 9.63 Å². The Balaban J connectivity index is 2.57. The van der Waals surface area contributed by atoms with Gasteiger partial charge < -0.3 is 10.1 Å². The first-order valence-electron chi connectivity index (χ1n) is 7.23. The van der Waals surface area contributed by atoms with Crippen LogP contribution in [-0.4, -0.2) is 37.3 Å². The fraction of sp³-hybridized carbons (Fsp3) is 0.500. The average molecular weight is 308 g/mol. The minimum absolute atomic E-state index is 0.162. The van der Waals surface area contributed by atoms with Crippen LogP contribution in [0.5, 0.6) is 0 Å². The van der Waals surface area contributed by atoms with Crippen LogP contribution in [0.2, 0.25) is 0 Å². The van der Waals surface area contributed by atoms with Gasteiger partial charge in [-0.1, -0.05) is 44.2 Å². The van der Waals surface area contributed by atoms with Crippen molar-refractivity contribution < 1.29 is 19.2 Å². The number of nitrogens with one attached hydrogen (secondary N) is 1. The number of rotatable bonds is 7. The van der Waals surface area contributed by atoms with E-state index in [2.05, 4.69) is 5.32 Å². The molecule has 0 aliphatic heterocycles. The number of carbonyl (C=O) groups excluding carboxylic acids is 2. The molecule has 0 saturated carbocycles. The van der Waals surface area contributed by atoms with Crippen LogP contribution in [0.4, 0.5) is 4.79 Å². The second-order valence-electron chi connectivity index (χ2n) is 5.41. The van der Waals surface area contributed by atoms with E-state index >= 15 is 0 Å². The standard InChI is InChI=1S/C16H24N2O4/c1-12(2)10-14(15(19)18(3)21-4)17-16(20)22-11-13-8-6-5-7-9-13/h5-9,12,14H,10-11H2,1-4H3,(H,17,20). The van der Waals surface area contributed by atoms with Gasteiger partial charge in [0, 0.05) is 7.05 Å². The Kier molecular flexibility index (Phi) is 7.39. The van der Waals surface area contributed by atoms with E-state index in [-0.39, 0.29) is 18.4 Å². The third kappa shape index (κ3) is 6.13. The Labute approximate surface area is 131 Å². The number of carbonyl (C=O) groups is 2. The number of likely N-dealkylation sites (N-methyl/N-ethyl adjacent to an activating group) is 1. The highest BCUT2D eigenvalue weighted by Crippen LogP contribution is 2.08. The number of nitrogens with zero attached hydrogens (tertiary/aromatic N) is 1. The van der Waals surface area contributed by atoms with Crippen LogP contribution in [0, 0.1) is 5.92 Å². The molecule has 2 amide bonds. The first-order valence-corrected chi connectivity index (χ1v) is 7.23. The van der Waals surface area contributed by atoms with Gasteiger partial charge in [-0.2, -0.15) is 0 Å². The second-order valence-corrected chi connectivity index (χ2v) is 5.41. The lowest BCUT2D eigenvalue weighted by Gasteiger charge is -2.23. The van der Waals surface area contributed by atoms with Crippen molar-refractivity contribution in [2.45, 2.75) is 32.9 Å². The number of hydrogen-bond donors (Lipinski definition) is 1. The van der Waals surface area contributed by atoms with Crippen molar-refractivity contribution >= 4 is 12.0 Å². The lowest BCUT2D eigenvalue weighted by atomic mass is 10.0. The zero-order chi connectivity index (χ0) is 16.5. The number of hydroxylamine groups is 2. The molecule has 1 aromatic rings. The third-order valence-corrected chi connectivity index (χ3v) is 3.09. The summed E-state index contributed by atoms with van der Waals surface area (Å²) in [7, 11) is 2.91. The molecule has 122 valence electrons. The van der Waals surface area contributed by atoms with Crippen LogP contribution in [-0.2, 0) is 21.0 Å². The zero-order valence-electron chi connectivity index (χ0n) is 13.5. The Morgan fingerprint density at radius 3 is 2.41 bits per heavy atom. The molecule has 0 spiro atoms. The molecule has 0 aliphatic carbocycles. The van der Waals surface area contributed by atoms with E-state index in [9.17, 15) is 9.59 Å². The summed E-state index contributed by atoms with van der Waals surface area (Å²) in [5, 5.41) is 3.70. The predicted octanol–water partition coefficient (Wildman–Crippen LogP) is 2.35. The minimum atomic E-state index is -0.673. The fourth-order valence-corrected chi connectivity index (χ4v) is 1.91. The molecule has 22 heavy (non-hydrogen) atoms. The summed E-state index contributed by atoms with van der Waals surface area (Å²) in [4.78, 5) is 28.9. The van der Waals surface area contributed by atoms with Gasteiger partial charge in [-0.15, -0.1) is 0 Å². The molecule has 0 heterocycles. The van der Waals surface area contributed by atoms with Crippen molar-refractivity contribution in [1.29, 1.82) is 0 Å². The van der Waals surface area contributed by atoms with Gasteiger partial charge >= 0.3 is 6.09 Å². The first kappa shape index (κ1) is 18.0. The number of hydrogen-bond acceptors (Lipinski definition) is 4. The first-order chi connectivity index (χ1) is 10.4. The highest BCUT2D eigenvalue weighted by Gasteiger charge is 2.25. The fourth-order valence-electron chi connectivity index (χ4n) is 1.91. The van der Waals surface area contributed by atoms with Gasteiger partial charge in [-0.25, -0.2) is 9.86 Å². The van der Waals surface area contributed by atoms with E-state index in [4.69, 9.17) is 9.57 Å². The van der Waals surface area contributed by atoms with Crippen LogP contribution >= 0.6 is 0 Å². The summed E-state index contributed by atoms with van der Waals surface area (Å²) in [6.45, 7) is 4.11. The van der Waals surface area contributed by atoms with Gasteiger partial charge in [-0.05, 0) is 17.9 Å². The number of alkyl carbamates (subject to hydrolysis) is 1. The normalized spacial score (nSPS) is 11.9. The predicted molar refractivity (Wildman–Crippen MR) is 82.8 cm³/mol. The molecule has 1 N–H and O–H groups in total. The molecule has 1 atom stereocenters. The molecule has 6 heteroatoms. The van der Waals surface area contributed by atoms with Crippen LogP contribution in [0.3, 0.4) is 0 Å². The Morgan fingerprint density at radius 1 is 1.23 bits per heavy atom. The van der Waals surface area contributed by atoms with Gasteiger partial charge in [0.1, 0.15) is 12.6 Å². The molecule has 1 unspecified atom stereocenters. The summed E-state index contributed by atoms with van der Waals surface area (Å²) in [6.07, 6.45) is -0.111. The maximum atomic E-state index is 12.2. The molecule has 1 rings (SSSR count). The summed E-state index contributed by atoms with van der Waals surface area (Å²) in [5.74, 6) is -0.0681. The Hall–Kier alpha value is -2.08. The van der Waals surface area contributed by atoms with Crippen LogP contribution in [0.1, 0.15) is 25.8 Å². The highest BCUT2D eigenvalue weighted by molar-refractivity contribution is 5.84. The van der Waals surface area contributed by atoms with Gasteiger partial charge in [0.25, 0.3) is 5.91 Å². The van der Waals surface area contributed by atoms with Crippen molar-refractivity contribution in [3.8, 4) is 0 Å². The lowest BCUT2D eigenvalue weighted by Crippen LogP contribution is -2.47. The van der Waals surface area contributed by atoms with E-state index in [0.29, 0.717) is 6.42 Å². The maximum absolute atomic E-state index is 12.2. The topological polar surface area (TPSA) is 67.9 Å². The summed E-state index contributed by atoms with van der Waals surface area (Å²) >= 11 is 0. The Bertz CT molecular complexity index is 476. The molecule has 0 aliphatic rings. The molecule has 1 aromatic carbocycles. The van der Waals surface area contributed by atoms with Crippen LogP contribution in [0.15, 0.2) is 30.3 Å². The Morgan fingerprint density at radius 2 is 1.86 bits per heavy atom. The SMILES string of the molecule is CON(C)C(=O)C(CC(C)C)NC(=O)OCc1ccccc1. The molecule has 0 saturated heterocycles. The number of amides is 2. The van der Waals surface area contributed by atoms with Crippen molar-refractivity contribution in [2.75, 3.05) is 14.2 Å². The van der Waals surface area contributed by atoms with E-state index in [0.717, 1.165) is 10.6 Å². The minimum Gasteiger partial charge on any atom is -0.445 e. The average Bonchev–Trinajstić information content (AvgIpc) is 2.51. The van der Waals surface area contributed by atoms with Crippen molar-refractivity contribution in [1.82, 2.24) is 10.4 Å². The van der Waals surface area contributed by atoms with E-state index in [1.807, 2.05) is 44.2 Å². The van der Waals surface area contributed by atoms with E-state index < -0.39 is 12.1 Å². The molecule has 6 nitrogen and oxygen atoms in total. The van der Waals surface area contributed by atoms with Gasteiger partial charge in [0.15, 0.2) is 0 Å². The van der Waals surface area contributed by atoms with Crippen LogP contribution in [0.25, 0.3) is 0 Å². The maximum Gasteiger partial charge on any atom is 0.408 e. The van der Waals surface area contributed by atoms with Crippen molar-refractivity contribution in [3.63, 3.8) is 0 Å². The summed E-state index contributed by atoms with van der Waals surface area (Å²) in [6, 6.07) is 8.69. The van der Waals surface area contributed by atoms with E-state index in [1.54, 1.807) is 0 Å². The van der Waals surface area contributed by atoms with Crippen molar-refractivity contribution in [2.24, 2.45) is 5.92 Å². The molecule has 0 aromatic heterocycles. The molecule has 0 bridgehead atoms. The second kappa shape index (κ2) is 9.04. The van der Waals surface area contributed by atoms with E-state index in [1.165, 1.54) is 14.2 Å². The molecular weight excluding hydrogens is 284 g/mol. The lowest BCUT2D eigenvalue weighted by molar-refractivity contribution is -0.171.